The molecule has 17 nitrogen and oxygen atoms in total. The number of ether oxygens (including phenoxy) is 4. The van der Waals surface area contributed by atoms with Crippen LogP contribution in [0.3, 0.4) is 0 Å². The van der Waals surface area contributed by atoms with Crippen LogP contribution in [0.4, 0.5) is 0 Å². The number of hydrogen-bond donors (Lipinski definition) is 3. The van der Waals surface area contributed by atoms with Gasteiger partial charge in [-0.15, -0.1) is 0 Å². The lowest BCUT2D eigenvalue weighted by atomic mass is 9.99. The third-order valence-electron chi connectivity index (χ3n) is 18.7. The SMILES string of the molecule is CCC(C)CCCCCCCCCCCCCCCCCCCCC(=O)O[C@H](COC(=O)CCCCCCCCCCC(C)C)COP(=O)(O)OC[C@@H](O)COP(=O)(O)OC[C@@H](COC(=O)CCCCCCCCC(C)C)OC(=O)CCCCCCCCCCCCCCCC(C)C. The monoisotopic (exact) mass is 1440 g/mol. The van der Waals surface area contributed by atoms with Gasteiger partial charge in [0.2, 0.25) is 0 Å². The predicted octanol–water partition coefficient (Wildman–Crippen LogP) is 23.2. The molecule has 0 aromatic heterocycles. The molecule has 0 aliphatic carbocycles. The molecule has 3 N–H and O–H groups in total. The van der Waals surface area contributed by atoms with Gasteiger partial charge in [-0.1, -0.05) is 351 Å². The van der Waals surface area contributed by atoms with Gasteiger partial charge < -0.3 is 33.8 Å². The topological polar surface area (TPSA) is 237 Å². The largest absolute Gasteiger partial charge is 0.472 e. The quantitative estimate of drug-likeness (QED) is 0.0222. The van der Waals surface area contributed by atoms with Crippen molar-refractivity contribution in [3.8, 4) is 0 Å². The molecule has 3 unspecified atom stereocenters. The second-order valence-electron chi connectivity index (χ2n) is 30.1. The first-order valence-electron chi connectivity index (χ1n) is 40.7. The van der Waals surface area contributed by atoms with E-state index in [4.69, 9.17) is 37.0 Å². The summed E-state index contributed by atoms with van der Waals surface area (Å²) in [5.74, 6) is 0.943. The molecule has 0 saturated heterocycles. The van der Waals surface area contributed by atoms with Crippen LogP contribution in [0.25, 0.3) is 0 Å². The molecule has 0 rings (SSSR count). The molecule has 6 atom stereocenters. The van der Waals surface area contributed by atoms with Crippen molar-refractivity contribution in [3.05, 3.63) is 0 Å². The second kappa shape index (κ2) is 68.2. The Morgan fingerprint density at radius 2 is 0.490 bits per heavy atom. The molecule has 0 amide bonds. The van der Waals surface area contributed by atoms with Crippen molar-refractivity contribution in [1.29, 1.82) is 0 Å². The van der Waals surface area contributed by atoms with Crippen molar-refractivity contribution in [2.24, 2.45) is 23.7 Å². The van der Waals surface area contributed by atoms with E-state index in [1.807, 2.05) is 0 Å². The van der Waals surface area contributed by atoms with Crippen molar-refractivity contribution in [2.45, 2.75) is 420 Å². The summed E-state index contributed by atoms with van der Waals surface area (Å²) in [6.45, 7) is 14.2. The van der Waals surface area contributed by atoms with Crippen molar-refractivity contribution in [3.63, 3.8) is 0 Å². The number of aliphatic hydroxyl groups is 1. The molecule has 0 spiro atoms. The van der Waals surface area contributed by atoms with E-state index < -0.39 is 97.5 Å². The fourth-order valence-corrected chi connectivity index (χ4v) is 13.6. The standard InChI is InChI=1S/C79H154O17P2/c1-9-72(8)58-50-42-33-26-22-18-14-12-10-11-13-15-19-23-27-35-45-53-61-78(83)95-74(65-89-76(81)59-51-43-34-30-29-32-40-48-56-70(4)5)67-93-97(85,86)91-63-73(80)64-92-98(87,88)94-68-75(66-90-77(82)60-52-44-38-37-41-49-57-71(6)7)96-79(84)62-54-46-36-28-24-20-16-17-21-25-31-39-47-55-69(2)3/h69-75,80H,9-68H2,1-8H3,(H,85,86)(H,87,88)/t72?,73-,74-,75-/m1/s1. The van der Waals surface area contributed by atoms with Crippen LogP contribution in [-0.4, -0.2) is 96.7 Å². The van der Waals surface area contributed by atoms with Gasteiger partial charge in [-0.2, -0.15) is 0 Å². The normalized spacial score (nSPS) is 14.3. The summed E-state index contributed by atoms with van der Waals surface area (Å²) in [4.78, 5) is 72.8. The molecular formula is C79H154O17P2. The van der Waals surface area contributed by atoms with Crippen LogP contribution >= 0.6 is 15.6 Å². The van der Waals surface area contributed by atoms with Gasteiger partial charge in [-0.25, -0.2) is 9.13 Å². The summed E-state index contributed by atoms with van der Waals surface area (Å²) in [6, 6.07) is 0. The van der Waals surface area contributed by atoms with Gasteiger partial charge in [0.05, 0.1) is 26.4 Å². The Hall–Kier alpha value is -1.94. The first-order valence-corrected chi connectivity index (χ1v) is 43.7. The Balaban J connectivity index is 5.17. The summed E-state index contributed by atoms with van der Waals surface area (Å²) in [6.07, 6.45) is 54.4. The number of aliphatic hydroxyl groups excluding tert-OH is 1. The smallest absolute Gasteiger partial charge is 0.462 e. The van der Waals surface area contributed by atoms with Gasteiger partial charge in [-0.05, 0) is 49.4 Å². The van der Waals surface area contributed by atoms with Crippen LogP contribution in [0.2, 0.25) is 0 Å². The molecular weight excluding hydrogens is 1280 g/mol. The first kappa shape index (κ1) is 96.1. The number of esters is 4. The van der Waals surface area contributed by atoms with Crippen LogP contribution in [0.5, 0.6) is 0 Å². The Kier molecular flexibility index (Phi) is 66.8. The summed E-state index contributed by atoms with van der Waals surface area (Å²) in [7, 11) is -9.92. The third kappa shape index (κ3) is 71.1. The highest BCUT2D eigenvalue weighted by Gasteiger charge is 2.30. The van der Waals surface area contributed by atoms with Crippen molar-refractivity contribution < 1.29 is 80.2 Å². The Bertz CT molecular complexity index is 1920. The number of carbonyl (C=O) groups excluding carboxylic acids is 4. The number of carbonyl (C=O) groups is 4. The van der Waals surface area contributed by atoms with E-state index in [0.29, 0.717) is 31.6 Å². The van der Waals surface area contributed by atoms with E-state index in [1.165, 1.54) is 199 Å². The lowest BCUT2D eigenvalue weighted by Crippen LogP contribution is -2.30. The average molecular weight is 1440 g/mol. The molecule has 0 aliphatic rings. The average Bonchev–Trinajstić information content (AvgIpc) is 1.35. The highest BCUT2D eigenvalue weighted by Crippen LogP contribution is 2.45. The van der Waals surface area contributed by atoms with Crippen molar-refractivity contribution in [2.75, 3.05) is 39.6 Å². The highest BCUT2D eigenvalue weighted by molar-refractivity contribution is 7.47. The molecule has 98 heavy (non-hydrogen) atoms. The fourth-order valence-electron chi connectivity index (χ4n) is 12.0. The molecule has 582 valence electrons. The predicted molar refractivity (Wildman–Crippen MR) is 400 cm³/mol. The van der Waals surface area contributed by atoms with E-state index in [9.17, 15) is 43.2 Å². The zero-order valence-corrected chi connectivity index (χ0v) is 66.2. The lowest BCUT2D eigenvalue weighted by Gasteiger charge is -2.21. The second-order valence-corrected chi connectivity index (χ2v) is 33.0. The molecule has 0 aromatic rings. The van der Waals surface area contributed by atoms with E-state index in [-0.39, 0.29) is 25.7 Å². The zero-order valence-electron chi connectivity index (χ0n) is 64.4. The van der Waals surface area contributed by atoms with Crippen LogP contribution < -0.4 is 0 Å². The third-order valence-corrected chi connectivity index (χ3v) is 20.6. The minimum atomic E-state index is -4.96. The van der Waals surface area contributed by atoms with Crippen molar-refractivity contribution in [1.82, 2.24) is 0 Å². The van der Waals surface area contributed by atoms with E-state index in [1.54, 1.807) is 0 Å². The Morgan fingerprint density at radius 1 is 0.286 bits per heavy atom. The van der Waals surface area contributed by atoms with E-state index in [2.05, 4.69) is 55.4 Å². The molecule has 0 bridgehead atoms. The number of hydrogen-bond acceptors (Lipinski definition) is 15. The molecule has 0 radical (unpaired) electrons. The van der Waals surface area contributed by atoms with Crippen molar-refractivity contribution >= 4 is 39.5 Å². The first-order chi connectivity index (χ1) is 47.1. The molecule has 0 heterocycles. The highest BCUT2D eigenvalue weighted by atomic mass is 31.2. The Labute approximate surface area is 600 Å². The minimum Gasteiger partial charge on any atom is -0.462 e. The minimum absolute atomic E-state index is 0.106. The molecule has 0 aromatic carbocycles. The lowest BCUT2D eigenvalue weighted by molar-refractivity contribution is -0.161. The summed E-state index contributed by atoms with van der Waals surface area (Å²) < 4.78 is 68.6. The maximum Gasteiger partial charge on any atom is 0.472 e. The maximum atomic E-state index is 13.1. The zero-order chi connectivity index (χ0) is 72.4. The Morgan fingerprint density at radius 3 is 0.724 bits per heavy atom. The van der Waals surface area contributed by atoms with Gasteiger partial charge in [-0.3, -0.25) is 37.3 Å². The number of phosphoric ester groups is 2. The molecule has 19 heteroatoms. The maximum absolute atomic E-state index is 13.1. The molecule has 0 saturated carbocycles. The van der Waals surface area contributed by atoms with Crippen LogP contribution in [0, 0.1) is 23.7 Å². The number of phosphoric acid groups is 2. The summed E-state index contributed by atoms with van der Waals surface area (Å²) in [5.41, 5.74) is 0. The van der Waals surface area contributed by atoms with Crippen LogP contribution in [0.15, 0.2) is 0 Å². The van der Waals surface area contributed by atoms with Gasteiger partial charge in [0, 0.05) is 25.7 Å². The van der Waals surface area contributed by atoms with Crippen LogP contribution in [0.1, 0.15) is 402 Å². The number of unbranched alkanes of at least 4 members (excludes halogenated alkanes) is 41. The van der Waals surface area contributed by atoms with Gasteiger partial charge in [0.15, 0.2) is 12.2 Å². The van der Waals surface area contributed by atoms with E-state index >= 15 is 0 Å². The van der Waals surface area contributed by atoms with Crippen LogP contribution in [-0.2, 0) is 65.4 Å². The summed E-state index contributed by atoms with van der Waals surface area (Å²) in [5, 5.41) is 10.6. The number of rotatable bonds is 76. The van der Waals surface area contributed by atoms with Gasteiger partial charge in [0.1, 0.15) is 19.3 Å². The van der Waals surface area contributed by atoms with E-state index in [0.717, 1.165) is 114 Å². The van der Waals surface area contributed by atoms with Gasteiger partial charge >= 0.3 is 39.5 Å². The summed E-state index contributed by atoms with van der Waals surface area (Å²) >= 11 is 0. The fraction of sp³-hybridized carbons (Fsp3) is 0.949. The molecule has 0 aliphatic heterocycles. The van der Waals surface area contributed by atoms with Gasteiger partial charge in [0.25, 0.3) is 0 Å². The molecule has 0 fully saturated rings.